The molecule has 1 fully saturated rings. The lowest BCUT2D eigenvalue weighted by molar-refractivity contribution is 0.115. The third-order valence-electron chi connectivity index (χ3n) is 3.94. The number of para-hydroxylation sites is 1. The number of nitrogens with zero attached hydrogens (tertiary/aromatic N) is 2. The topological polar surface area (TPSA) is 83.0 Å². The van der Waals surface area contributed by atoms with E-state index in [-0.39, 0.29) is 0 Å². The van der Waals surface area contributed by atoms with E-state index in [1.807, 2.05) is 24.1 Å². The van der Waals surface area contributed by atoms with Crippen molar-refractivity contribution in [3.05, 3.63) is 29.8 Å². The average Bonchev–Trinajstić information content (AvgIpc) is 3.36. The number of ether oxygens (including phenoxy) is 1. The van der Waals surface area contributed by atoms with Crippen LogP contribution in [0.2, 0.25) is 0 Å². The van der Waals surface area contributed by atoms with E-state index in [1.54, 1.807) is 19.2 Å². The Kier molecular flexibility index (Phi) is 7.07. The number of guanidine groups is 1. The quantitative estimate of drug-likeness (QED) is 0.392. The summed E-state index contributed by atoms with van der Waals surface area (Å²) in [4.78, 5) is 6.27. The molecule has 1 aromatic carbocycles. The number of hydrogen-bond acceptors (Lipinski definition) is 4. The van der Waals surface area contributed by atoms with E-state index in [2.05, 4.69) is 15.0 Å². The van der Waals surface area contributed by atoms with Gasteiger partial charge in [0.05, 0.1) is 18.6 Å². The van der Waals surface area contributed by atoms with Gasteiger partial charge < -0.3 is 15.0 Å². The summed E-state index contributed by atoms with van der Waals surface area (Å²) in [6.07, 6.45) is 3.73. The minimum Gasteiger partial charge on any atom is -0.379 e. The summed E-state index contributed by atoms with van der Waals surface area (Å²) in [5, 5.41) is 3.26. The molecular weight excluding hydrogens is 340 g/mol. The van der Waals surface area contributed by atoms with Crippen LogP contribution in [0.1, 0.15) is 18.4 Å². The van der Waals surface area contributed by atoms with Crippen LogP contribution in [0.4, 0.5) is 5.69 Å². The predicted octanol–water partition coefficient (Wildman–Crippen LogP) is 1.49. The van der Waals surface area contributed by atoms with E-state index in [0.29, 0.717) is 18.8 Å². The van der Waals surface area contributed by atoms with Crippen LogP contribution in [0.15, 0.2) is 29.3 Å². The summed E-state index contributed by atoms with van der Waals surface area (Å²) in [5.74, 6) is 1.51. The summed E-state index contributed by atoms with van der Waals surface area (Å²) in [6, 6.07) is 7.31. The van der Waals surface area contributed by atoms with Gasteiger partial charge in [-0.15, -0.1) is 0 Å². The number of rotatable bonds is 9. The SMILES string of the molecule is CN=C(NCc1ccccc1NS(C)(=O)=O)N(C)CCOCC1CC1. The van der Waals surface area contributed by atoms with Gasteiger partial charge in [0.25, 0.3) is 0 Å². The first-order valence-corrected chi connectivity index (χ1v) is 10.3. The van der Waals surface area contributed by atoms with Crippen molar-refractivity contribution in [1.29, 1.82) is 0 Å². The zero-order valence-electron chi connectivity index (χ0n) is 15.2. The molecule has 0 amide bonds. The van der Waals surface area contributed by atoms with Crippen molar-refractivity contribution in [2.75, 3.05) is 44.8 Å². The first-order chi connectivity index (χ1) is 11.9. The van der Waals surface area contributed by atoms with Gasteiger partial charge in [-0.2, -0.15) is 0 Å². The molecule has 0 spiro atoms. The molecule has 1 saturated carbocycles. The zero-order valence-corrected chi connectivity index (χ0v) is 16.0. The Labute approximate surface area is 150 Å². The largest absolute Gasteiger partial charge is 0.379 e. The Hall–Kier alpha value is -1.80. The lowest BCUT2D eigenvalue weighted by Crippen LogP contribution is -2.40. The van der Waals surface area contributed by atoms with Crippen LogP contribution in [0.5, 0.6) is 0 Å². The molecule has 7 nitrogen and oxygen atoms in total. The van der Waals surface area contributed by atoms with Gasteiger partial charge in [0.15, 0.2) is 5.96 Å². The highest BCUT2D eigenvalue weighted by molar-refractivity contribution is 7.92. The molecule has 0 atom stereocenters. The molecule has 2 N–H and O–H groups in total. The van der Waals surface area contributed by atoms with Crippen molar-refractivity contribution >= 4 is 21.7 Å². The Balaban J connectivity index is 1.85. The van der Waals surface area contributed by atoms with Crippen molar-refractivity contribution < 1.29 is 13.2 Å². The molecule has 1 aliphatic carbocycles. The van der Waals surface area contributed by atoms with Gasteiger partial charge in [0.2, 0.25) is 10.0 Å². The minimum atomic E-state index is -3.31. The van der Waals surface area contributed by atoms with E-state index in [9.17, 15) is 8.42 Å². The second kappa shape index (κ2) is 9.05. The Morgan fingerprint density at radius 1 is 1.36 bits per heavy atom. The number of aliphatic imine (C=N–C) groups is 1. The molecule has 0 bridgehead atoms. The molecule has 2 rings (SSSR count). The monoisotopic (exact) mass is 368 g/mol. The first-order valence-electron chi connectivity index (χ1n) is 8.44. The van der Waals surface area contributed by atoms with Crippen LogP contribution in [0.3, 0.4) is 0 Å². The molecular formula is C17H28N4O3S. The normalized spacial score (nSPS) is 15.1. The van der Waals surface area contributed by atoms with Gasteiger partial charge >= 0.3 is 0 Å². The molecule has 140 valence electrons. The van der Waals surface area contributed by atoms with Crippen LogP contribution in [0, 0.1) is 5.92 Å². The Morgan fingerprint density at radius 3 is 2.72 bits per heavy atom. The summed E-state index contributed by atoms with van der Waals surface area (Å²) >= 11 is 0. The summed E-state index contributed by atoms with van der Waals surface area (Å²) in [7, 11) is 0.370. The fraction of sp³-hybridized carbons (Fsp3) is 0.588. The molecule has 25 heavy (non-hydrogen) atoms. The van der Waals surface area contributed by atoms with Crippen molar-refractivity contribution in [3.63, 3.8) is 0 Å². The second-order valence-corrected chi connectivity index (χ2v) is 8.12. The summed E-state index contributed by atoms with van der Waals surface area (Å²) in [6.45, 7) is 2.73. The number of anilines is 1. The van der Waals surface area contributed by atoms with E-state index < -0.39 is 10.0 Å². The van der Waals surface area contributed by atoms with Gasteiger partial charge in [-0.1, -0.05) is 18.2 Å². The highest BCUT2D eigenvalue weighted by Crippen LogP contribution is 2.28. The van der Waals surface area contributed by atoms with Crippen LogP contribution < -0.4 is 10.0 Å². The molecule has 0 unspecified atom stereocenters. The predicted molar refractivity (Wildman–Crippen MR) is 101 cm³/mol. The molecule has 0 radical (unpaired) electrons. The number of sulfonamides is 1. The molecule has 0 heterocycles. The Bertz CT molecular complexity index is 687. The van der Waals surface area contributed by atoms with Gasteiger partial charge in [-0.05, 0) is 30.4 Å². The average molecular weight is 369 g/mol. The summed E-state index contributed by atoms with van der Waals surface area (Å²) < 4.78 is 31.2. The number of hydrogen-bond donors (Lipinski definition) is 2. The number of benzene rings is 1. The lowest BCUT2D eigenvalue weighted by atomic mass is 10.2. The van der Waals surface area contributed by atoms with Crippen molar-refractivity contribution in [2.45, 2.75) is 19.4 Å². The van der Waals surface area contributed by atoms with Crippen LogP contribution in [-0.2, 0) is 21.3 Å². The highest BCUT2D eigenvalue weighted by Gasteiger charge is 2.21. The van der Waals surface area contributed by atoms with E-state index in [1.165, 1.54) is 12.8 Å². The molecule has 1 aliphatic rings. The van der Waals surface area contributed by atoms with Crippen LogP contribution in [-0.4, -0.2) is 59.4 Å². The zero-order chi connectivity index (χ0) is 18.3. The molecule has 0 aliphatic heterocycles. The number of nitrogens with one attached hydrogen (secondary N) is 2. The second-order valence-electron chi connectivity index (χ2n) is 6.37. The molecule has 0 aromatic heterocycles. The van der Waals surface area contributed by atoms with Gasteiger partial charge in [-0.25, -0.2) is 8.42 Å². The van der Waals surface area contributed by atoms with Crippen LogP contribution in [0.25, 0.3) is 0 Å². The smallest absolute Gasteiger partial charge is 0.229 e. The standard InChI is InChI=1S/C17H28N4O3S/c1-18-17(21(2)10-11-24-13-14-8-9-14)19-12-15-6-4-5-7-16(15)20-25(3,22)23/h4-7,14,20H,8-13H2,1-3H3,(H,18,19). The summed E-state index contributed by atoms with van der Waals surface area (Å²) in [5.41, 5.74) is 1.43. The third kappa shape index (κ3) is 7.31. The van der Waals surface area contributed by atoms with Crippen LogP contribution >= 0.6 is 0 Å². The third-order valence-corrected chi connectivity index (χ3v) is 4.54. The lowest BCUT2D eigenvalue weighted by Gasteiger charge is -2.22. The fourth-order valence-corrected chi connectivity index (χ4v) is 2.97. The van der Waals surface area contributed by atoms with Crippen molar-refractivity contribution in [2.24, 2.45) is 10.9 Å². The van der Waals surface area contributed by atoms with Crippen molar-refractivity contribution in [3.8, 4) is 0 Å². The molecule has 1 aromatic rings. The van der Waals surface area contributed by atoms with Gasteiger partial charge in [-0.3, -0.25) is 9.71 Å². The fourth-order valence-electron chi connectivity index (χ4n) is 2.37. The van der Waals surface area contributed by atoms with E-state index >= 15 is 0 Å². The van der Waals surface area contributed by atoms with Gasteiger partial charge in [0.1, 0.15) is 0 Å². The number of likely N-dealkylation sites (N-methyl/N-ethyl adjacent to an activating group) is 1. The molecule has 8 heteroatoms. The van der Waals surface area contributed by atoms with Gasteiger partial charge in [0, 0.05) is 33.8 Å². The maximum atomic E-state index is 11.5. The van der Waals surface area contributed by atoms with E-state index in [0.717, 1.165) is 36.8 Å². The maximum Gasteiger partial charge on any atom is 0.229 e. The molecule has 0 saturated heterocycles. The van der Waals surface area contributed by atoms with Crippen molar-refractivity contribution in [1.82, 2.24) is 10.2 Å². The minimum absolute atomic E-state index is 0.471. The maximum absolute atomic E-state index is 11.5. The Morgan fingerprint density at radius 2 is 2.08 bits per heavy atom. The van der Waals surface area contributed by atoms with E-state index in [4.69, 9.17) is 4.74 Å². The highest BCUT2D eigenvalue weighted by atomic mass is 32.2. The first kappa shape index (κ1) is 19.5.